The van der Waals surface area contributed by atoms with Crippen molar-refractivity contribution < 1.29 is 23.4 Å². The van der Waals surface area contributed by atoms with Crippen molar-refractivity contribution in [3.63, 3.8) is 0 Å². The van der Waals surface area contributed by atoms with Gasteiger partial charge in [-0.25, -0.2) is 4.79 Å². The molecule has 0 amide bonds. The first-order valence-corrected chi connectivity index (χ1v) is 9.72. The third-order valence-corrected chi connectivity index (χ3v) is 5.46. The molecule has 0 unspecified atom stereocenters. The molecule has 152 valence electrons. The summed E-state index contributed by atoms with van der Waals surface area (Å²) in [6.45, 7) is 6.79. The molecule has 0 atom stereocenters. The van der Waals surface area contributed by atoms with Gasteiger partial charge in [0.05, 0.1) is 37.6 Å². The molecule has 0 N–H and O–H groups in total. The number of fused-ring (bicyclic) bond motifs is 3. The van der Waals surface area contributed by atoms with Crippen LogP contribution in [0.15, 0.2) is 28.7 Å². The highest BCUT2D eigenvalue weighted by molar-refractivity contribution is 6.05. The molecule has 0 radical (unpaired) electrons. The Labute approximate surface area is 170 Å². The number of rotatable bonds is 5. The molecule has 3 heterocycles. The van der Waals surface area contributed by atoms with Crippen molar-refractivity contribution in [3.05, 3.63) is 46.8 Å². The molecular weight excluding hydrogens is 370 g/mol. The lowest BCUT2D eigenvalue weighted by atomic mass is 9.94. The SMILES string of the molecule is CCOC(=O)c1c(-c2ccc(C)o2)c(C)n2c1-c1cc(OC)c(OC)cc1CC2. The van der Waals surface area contributed by atoms with Gasteiger partial charge in [0.2, 0.25) is 0 Å². The zero-order valence-corrected chi connectivity index (χ0v) is 17.4. The summed E-state index contributed by atoms with van der Waals surface area (Å²) in [4.78, 5) is 13.1. The Morgan fingerprint density at radius 1 is 1.14 bits per heavy atom. The number of carbonyl (C=O) groups is 1. The quantitative estimate of drug-likeness (QED) is 0.582. The number of furan rings is 1. The molecule has 1 aliphatic rings. The first kappa shape index (κ1) is 19.2. The van der Waals surface area contributed by atoms with Gasteiger partial charge in [-0.2, -0.15) is 0 Å². The van der Waals surface area contributed by atoms with E-state index in [0.29, 0.717) is 29.4 Å². The van der Waals surface area contributed by atoms with Crippen LogP contribution >= 0.6 is 0 Å². The van der Waals surface area contributed by atoms with Gasteiger partial charge < -0.3 is 23.2 Å². The molecule has 2 aromatic heterocycles. The molecule has 6 heteroatoms. The topological polar surface area (TPSA) is 62.8 Å². The van der Waals surface area contributed by atoms with Crippen LogP contribution in [0.1, 0.15) is 34.3 Å². The number of hydrogen-bond acceptors (Lipinski definition) is 5. The van der Waals surface area contributed by atoms with Gasteiger partial charge in [0.25, 0.3) is 0 Å². The molecule has 6 nitrogen and oxygen atoms in total. The average Bonchev–Trinajstić information content (AvgIpc) is 3.27. The van der Waals surface area contributed by atoms with Gasteiger partial charge in [0.15, 0.2) is 11.5 Å². The van der Waals surface area contributed by atoms with Gasteiger partial charge in [-0.05, 0) is 57.0 Å². The van der Waals surface area contributed by atoms with Crippen LogP contribution < -0.4 is 9.47 Å². The van der Waals surface area contributed by atoms with Crippen LogP contribution in [0.5, 0.6) is 11.5 Å². The maximum Gasteiger partial charge on any atom is 0.341 e. The Kier molecular flexibility index (Phi) is 4.86. The van der Waals surface area contributed by atoms with Crippen molar-refractivity contribution in [3.8, 4) is 34.1 Å². The van der Waals surface area contributed by atoms with E-state index in [1.807, 2.05) is 45.0 Å². The number of methoxy groups -OCH3 is 2. The smallest absolute Gasteiger partial charge is 0.341 e. The van der Waals surface area contributed by atoms with E-state index in [1.165, 1.54) is 0 Å². The lowest BCUT2D eigenvalue weighted by Crippen LogP contribution is -2.15. The summed E-state index contributed by atoms with van der Waals surface area (Å²) in [7, 11) is 3.24. The molecule has 3 aromatic rings. The van der Waals surface area contributed by atoms with Gasteiger partial charge in [0.1, 0.15) is 11.5 Å². The van der Waals surface area contributed by atoms with Gasteiger partial charge >= 0.3 is 5.97 Å². The maximum absolute atomic E-state index is 13.1. The highest BCUT2D eigenvalue weighted by Gasteiger charge is 2.33. The van der Waals surface area contributed by atoms with E-state index < -0.39 is 0 Å². The minimum absolute atomic E-state index is 0.303. The second kappa shape index (κ2) is 7.35. The van der Waals surface area contributed by atoms with Crippen molar-refractivity contribution in [2.24, 2.45) is 0 Å². The van der Waals surface area contributed by atoms with Crippen LogP contribution in [0.25, 0.3) is 22.6 Å². The number of carbonyl (C=O) groups excluding carboxylic acids is 1. The third-order valence-electron chi connectivity index (χ3n) is 5.46. The van der Waals surface area contributed by atoms with Gasteiger partial charge in [0, 0.05) is 17.8 Å². The molecule has 0 spiro atoms. The fraction of sp³-hybridized carbons (Fsp3) is 0.348. The summed E-state index contributed by atoms with van der Waals surface area (Å²) in [5.41, 5.74) is 5.21. The summed E-state index contributed by atoms with van der Waals surface area (Å²) in [5, 5.41) is 0. The molecule has 29 heavy (non-hydrogen) atoms. The Hall–Kier alpha value is -3.15. The van der Waals surface area contributed by atoms with Crippen LogP contribution in [-0.2, 0) is 17.7 Å². The number of nitrogens with zero attached hydrogens (tertiary/aromatic N) is 1. The second-order valence-corrected chi connectivity index (χ2v) is 7.08. The summed E-state index contributed by atoms with van der Waals surface area (Å²) < 4.78 is 24.5. The summed E-state index contributed by atoms with van der Waals surface area (Å²) in [6.07, 6.45) is 0.830. The van der Waals surface area contributed by atoms with E-state index in [0.717, 1.165) is 46.8 Å². The first-order valence-electron chi connectivity index (χ1n) is 9.72. The zero-order valence-electron chi connectivity index (χ0n) is 17.4. The zero-order chi connectivity index (χ0) is 20.7. The minimum atomic E-state index is -0.351. The van der Waals surface area contributed by atoms with Crippen molar-refractivity contribution >= 4 is 5.97 Å². The second-order valence-electron chi connectivity index (χ2n) is 7.08. The van der Waals surface area contributed by atoms with E-state index in [4.69, 9.17) is 18.6 Å². The summed E-state index contributed by atoms with van der Waals surface area (Å²) in [5.74, 6) is 2.43. The van der Waals surface area contributed by atoms with Crippen molar-refractivity contribution in [2.45, 2.75) is 33.7 Å². The van der Waals surface area contributed by atoms with Crippen LogP contribution in [0.4, 0.5) is 0 Å². The fourth-order valence-corrected chi connectivity index (χ4v) is 4.15. The van der Waals surface area contributed by atoms with Crippen LogP contribution in [0, 0.1) is 13.8 Å². The van der Waals surface area contributed by atoms with Crippen LogP contribution in [0.2, 0.25) is 0 Å². The van der Waals surface area contributed by atoms with Crippen LogP contribution in [0.3, 0.4) is 0 Å². The lowest BCUT2D eigenvalue weighted by molar-refractivity contribution is 0.0528. The average molecular weight is 395 g/mol. The van der Waals surface area contributed by atoms with Crippen LogP contribution in [-0.4, -0.2) is 31.4 Å². The molecule has 0 saturated carbocycles. The largest absolute Gasteiger partial charge is 0.493 e. The normalized spacial score (nSPS) is 12.3. The molecule has 0 fully saturated rings. The van der Waals surface area contributed by atoms with E-state index in [-0.39, 0.29) is 5.97 Å². The molecule has 0 saturated heterocycles. The van der Waals surface area contributed by atoms with E-state index in [9.17, 15) is 4.79 Å². The fourth-order valence-electron chi connectivity index (χ4n) is 4.15. The van der Waals surface area contributed by atoms with E-state index >= 15 is 0 Å². The summed E-state index contributed by atoms with van der Waals surface area (Å²) in [6, 6.07) is 7.74. The molecule has 0 bridgehead atoms. The van der Waals surface area contributed by atoms with Gasteiger partial charge in [-0.1, -0.05) is 0 Å². The third kappa shape index (κ3) is 2.99. The predicted octanol–water partition coefficient (Wildman–Crippen LogP) is 4.78. The highest BCUT2D eigenvalue weighted by atomic mass is 16.5. The lowest BCUT2D eigenvalue weighted by Gasteiger charge is -2.23. The standard InChI is InChI=1S/C23H25NO5/c1-6-28-23(25)21-20(17-8-7-13(2)29-17)14(3)24-10-9-15-11-18(26-4)19(27-5)12-16(15)22(21)24/h7-8,11-12H,6,9-10H2,1-5H3. The van der Waals surface area contributed by atoms with Gasteiger partial charge in [-0.15, -0.1) is 0 Å². The summed E-state index contributed by atoms with van der Waals surface area (Å²) >= 11 is 0. The Morgan fingerprint density at radius 2 is 1.86 bits per heavy atom. The number of benzene rings is 1. The molecular formula is C23H25NO5. The monoisotopic (exact) mass is 395 g/mol. The van der Waals surface area contributed by atoms with Gasteiger partial charge in [-0.3, -0.25) is 0 Å². The number of ether oxygens (including phenoxy) is 3. The maximum atomic E-state index is 13.1. The predicted molar refractivity (Wildman–Crippen MR) is 110 cm³/mol. The number of esters is 1. The number of aryl methyl sites for hydroxylation is 2. The Morgan fingerprint density at radius 3 is 2.48 bits per heavy atom. The van der Waals surface area contributed by atoms with Crippen molar-refractivity contribution in [1.82, 2.24) is 4.57 Å². The number of aromatic nitrogens is 1. The molecule has 4 rings (SSSR count). The van der Waals surface area contributed by atoms with E-state index in [1.54, 1.807) is 14.2 Å². The van der Waals surface area contributed by atoms with Crippen molar-refractivity contribution in [2.75, 3.05) is 20.8 Å². The minimum Gasteiger partial charge on any atom is -0.493 e. The van der Waals surface area contributed by atoms with Crippen molar-refractivity contribution in [1.29, 1.82) is 0 Å². The Bertz CT molecular complexity index is 1090. The number of hydrogen-bond donors (Lipinski definition) is 0. The molecule has 1 aliphatic heterocycles. The highest BCUT2D eigenvalue weighted by Crippen LogP contribution is 2.45. The molecule has 1 aromatic carbocycles. The first-order chi connectivity index (χ1) is 14.0. The Balaban J connectivity index is 2.03. The molecule has 0 aliphatic carbocycles. The van der Waals surface area contributed by atoms with E-state index in [2.05, 4.69) is 4.57 Å².